The molecule has 2 aromatic carbocycles. The van der Waals surface area contributed by atoms with Crippen LogP contribution in [0.15, 0.2) is 42.5 Å². The van der Waals surface area contributed by atoms with Gasteiger partial charge in [0, 0.05) is 6.04 Å². The van der Waals surface area contributed by atoms with Crippen LogP contribution in [-0.4, -0.2) is 0 Å². The van der Waals surface area contributed by atoms with E-state index in [1.165, 1.54) is 11.1 Å². The standard InChI is InChI=1S/C21H29NO.ClH/c1-15(2)10-11-20(22)19-12-16(3)21(17(4)13-19)23-14-18-8-6-5-7-9-18;/h5-9,12-13,15,20H,10-11,14,22H2,1-4H3;1H/t20-;/m1./s1. The molecule has 2 aromatic rings. The predicted octanol–water partition coefficient (Wildman–Crippen LogP) is 5.74. The van der Waals surface area contributed by atoms with E-state index in [1.807, 2.05) is 18.2 Å². The molecule has 0 saturated heterocycles. The van der Waals surface area contributed by atoms with E-state index in [9.17, 15) is 0 Å². The van der Waals surface area contributed by atoms with Crippen molar-refractivity contribution in [1.82, 2.24) is 0 Å². The summed E-state index contributed by atoms with van der Waals surface area (Å²) < 4.78 is 6.05. The number of hydrogen-bond acceptors (Lipinski definition) is 2. The third-order valence-electron chi connectivity index (χ3n) is 4.19. The lowest BCUT2D eigenvalue weighted by Crippen LogP contribution is -2.12. The Bertz CT molecular complexity index is 602. The van der Waals surface area contributed by atoms with Gasteiger partial charge in [0.15, 0.2) is 0 Å². The molecular weight excluding hydrogens is 318 g/mol. The molecular formula is C21H30ClNO. The number of hydrogen-bond donors (Lipinski definition) is 1. The van der Waals surface area contributed by atoms with E-state index in [4.69, 9.17) is 10.5 Å². The summed E-state index contributed by atoms with van der Waals surface area (Å²) in [4.78, 5) is 0. The summed E-state index contributed by atoms with van der Waals surface area (Å²) in [6.07, 6.45) is 2.19. The molecule has 0 amide bonds. The van der Waals surface area contributed by atoms with Gasteiger partial charge >= 0.3 is 0 Å². The Morgan fingerprint density at radius 1 is 0.958 bits per heavy atom. The van der Waals surface area contributed by atoms with Crippen molar-refractivity contribution in [3.8, 4) is 5.75 Å². The number of nitrogens with two attached hydrogens (primary N) is 1. The maximum Gasteiger partial charge on any atom is 0.125 e. The zero-order valence-corrected chi connectivity index (χ0v) is 16.0. The lowest BCUT2D eigenvalue weighted by atomic mass is 9.95. The Morgan fingerprint density at radius 3 is 2.08 bits per heavy atom. The molecule has 0 aliphatic carbocycles. The van der Waals surface area contributed by atoms with Crippen LogP contribution in [0.2, 0.25) is 0 Å². The van der Waals surface area contributed by atoms with Crippen molar-refractivity contribution >= 4 is 12.4 Å². The zero-order valence-electron chi connectivity index (χ0n) is 15.2. The lowest BCUT2D eigenvalue weighted by Gasteiger charge is -2.18. The van der Waals surface area contributed by atoms with E-state index in [0.29, 0.717) is 12.5 Å². The van der Waals surface area contributed by atoms with E-state index in [-0.39, 0.29) is 18.4 Å². The maximum absolute atomic E-state index is 6.36. The Kier molecular flexibility index (Phi) is 8.30. The average molecular weight is 348 g/mol. The van der Waals surface area contributed by atoms with Crippen molar-refractivity contribution in [1.29, 1.82) is 0 Å². The molecule has 0 heterocycles. The second-order valence-electron chi connectivity index (χ2n) is 6.84. The van der Waals surface area contributed by atoms with Gasteiger partial charge in [0.05, 0.1) is 0 Å². The molecule has 0 unspecified atom stereocenters. The van der Waals surface area contributed by atoms with E-state index in [2.05, 4.69) is 52.0 Å². The molecule has 2 N–H and O–H groups in total. The molecule has 0 aliphatic heterocycles. The molecule has 2 rings (SSSR count). The molecule has 1 atom stereocenters. The molecule has 0 saturated carbocycles. The minimum absolute atomic E-state index is 0. The van der Waals surface area contributed by atoms with Crippen LogP contribution in [0.4, 0.5) is 0 Å². The van der Waals surface area contributed by atoms with Crippen molar-refractivity contribution in [3.63, 3.8) is 0 Å². The van der Waals surface area contributed by atoms with Gasteiger partial charge in [0.1, 0.15) is 12.4 Å². The number of aryl methyl sites for hydroxylation is 2. The normalized spacial score (nSPS) is 11.9. The summed E-state index contributed by atoms with van der Waals surface area (Å²) in [5, 5.41) is 0. The predicted molar refractivity (Wildman–Crippen MR) is 105 cm³/mol. The molecule has 0 aliphatic rings. The summed E-state index contributed by atoms with van der Waals surface area (Å²) in [5.74, 6) is 1.67. The van der Waals surface area contributed by atoms with Crippen LogP contribution in [0, 0.1) is 19.8 Å². The van der Waals surface area contributed by atoms with Gasteiger partial charge < -0.3 is 10.5 Å². The van der Waals surface area contributed by atoms with Crippen LogP contribution >= 0.6 is 12.4 Å². The van der Waals surface area contributed by atoms with Crippen molar-refractivity contribution in [2.45, 2.75) is 53.2 Å². The minimum atomic E-state index is 0. The first kappa shape index (κ1) is 20.5. The molecule has 0 bridgehead atoms. The lowest BCUT2D eigenvalue weighted by molar-refractivity contribution is 0.302. The molecule has 0 radical (unpaired) electrons. The number of ether oxygens (including phenoxy) is 1. The van der Waals surface area contributed by atoms with E-state index >= 15 is 0 Å². The zero-order chi connectivity index (χ0) is 16.8. The number of benzene rings is 2. The Balaban J connectivity index is 0.00000288. The van der Waals surface area contributed by atoms with Crippen molar-refractivity contribution in [3.05, 3.63) is 64.7 Å². The van der Waals surface area contributed by atoms with Crippen LogP contribution in [0.5, 0.6) is 5.75 Å². The van der Waals surface area contributed by atoms with E-state index in [1.54, 1.807) is 0 Å². The fraction of sp³-hybridized carbons (Fsp3) is 0.429. The second kappa shape index (κ2) is 9.71. The maximum atomic E-state index is 6.36. The Hall–Kier alpha value is -1.51. The van der Waals surface area contributed by atoms with Crippen LogP contribution in [0.3, 0.4) is 0 Å². The molecule has 3 heteroatoms. The van der Waals surface area contributed by atoms with E-state index in [0.717, 1.165) is 29.7 Å². The summed E-state index contributed by atoms with van der Waals surface area (Å²) in [6, 6.07) is 14.7. The van der Waals surface area contributed by atoms with Crippen LogP contribution in [0.1, 0.15) is 55.0 Å². The topological polar surface area (TPSA) is 35.2 Å². The van der Waals surface area contributed by atoms with Crippen LogP contribution in [0.25, 0.3) is 0 Å². The van der Waals surface area contributed by atoms with Gasteiger partial charge in [0.2, 0.25) is 0 Å². The summed E-state index contributed by atoms with van der Waals surface area (Å²) >= 11 is 0. The largest absolute Gasteiger partial charge is 0.488 e. The van der Waals surface area contributed by atoms with Gasteiger partial charge in [-0.3, -0.25) is 0 Å². The van der Waals surface area contributed by atoms with Gasteiger partial charge in [-0.1, -0.05) is 56.3 Å². The summed E-state index contributed by atoms with van der Waals surface area (Å²) in [7, 11) is 0. The molecule has 132 valence electrons. The van der Waals surface area contributed by atoms with Crippen LogP contribution < -0.4 is 10.5 Å². The van der Waals surface area contributed by atoms with Crippen molar-refractivity contribution < 1.29 is 4.74 Å². The summed E-state index contributed by atoms with van der Waals surface area (Å²) in [5.41, 5.74) is 11.1. The third-order valence-corrected chi connectivity index (χ3v) is 4.19. The minimum Gasteiger partial charge on any atom is -0.488 e. The highest BCUT2D eigenvalue weighted by molar-refractivity contribution is 5.85. The Morgan fingerprint density at radius 2 is 1.54 bits per heavy atom. The highest BCUT2D eigenvalue weighted by Gasteiger charge is 2.12. The number of halogens is 1. The van der Waals surface area contributed by atoms with Crippen molar-refractivity contribution in [2.75, 3.05) is 0 Å². The first-order valence-electron chi connectivity index (χ1n) is 8.50. The first-order valence-corrected chi connectivity index (χ1v) is 8.50. The highest BCUT2D eigenvalue weighted by Crippen LogP contribution is 2.29. The molecule has 0 spiro atoms. The second-order valence-corrected chi connectivity index (χ2v) is 6.84. The van der Waals surface area contributed by atoms with Gasteiger partial charge in [-0.2, -0.15) is 0 Å². The van der Waals surface area contributed by atoms with Gasteiger partial charge in [-0.05, 0) is 54.9 Å². The quantitative estimate of drug-likeness (QED) is 0.693. The van der Waals surface area contributed by atoms with Crippen molar-refractivity contribution in [2.24, 2.45) is 11.7 Å². The van der Waals surface area contributed by atoms with Gasteiger partial charge in [0.25, 0.3) is 0 Å². The smallest absolute Gasteiger partial charge is 0.125 e. The summed E-state index contributed by atoms with van der Waals surface area (Å²) in [6.45, 7) is 9.28. The molecule has 0 fully saturated rings. The Labute approximate surface area is 152 Å². The highest BCUT2D eigenvalue weighted by atomic mass is 35.5. The van der Waals surface area contributed by atoms with Gasteiger partial charge in [-0.25, -0.2) is 0 Å². The SMILES string of the molecule is Cc1cc([C@H](N)CCC(C)C)cc(C)c1OCc1ccccc1.Cl. The number of rotatable bonds is 7. The van der Waals surface area contributed by atoms with E-state index < -0.39 is 0 Å². The van der Waals surface area contributed by atoms with Gasteiger partial charge in [-0.15, -0.1) is 12.4 Å². The average Bonchev–Trinajstić information content (AvgIpc) is 2.52. The molecule has 0 aromatic heterocycles. The molecule has 24 heavy (non-hydrogen) atoms. The third kappa shape index (κ3) is 5.85. The molecule has 2 nitrogen and oxygen atoms in total. The first-order chi connectivity index (χ1) is 11.0. The monoisotopic (exact) mass is 347 g/mol. The fourth-order valence-corrected chi connectivity index (χ4v) is 2.83. The van der Waals surface area contributed by atoms with Crippen LogP contribution in [-0.2, 0) is 6.61 Å². The fourth-order valence-electron chi connectivity index (χ4n) is 2.83.